The molecule has 4 nitrogen and oxygen atoms in total. The monoisotopic (exact) mass is 281 g/mol. The second-order valence-electron chi connectivity index (χ2n) is 5.70. The summed E-state index contributed by atoms with van der Waals surface area (Å²) in [5.41, 5.74) is 1.39. The van der Waals surface area contributed by atoms with Crippen LogP contribution in [0, 0.1) is 0 Å². The van der Waals surface area contributed by atoms with E-state index < -0.39 is 0 Å². The molecule has 1 aromatic rings. The van der Waals surface area contributed by atoms with Crippen LogP contribution in [-0.4, -0.2) is 39.1 Å². The van der Waals surface area contributed by atoms with E-state index in [-0.39, 0.29) is 5.54 Å². The van der Waals surface area contributed by atoms with Crippen molar-refractivity contribution in [2.75, 3.05) is 33.5 Å². The lowest BCUT2D eigenvalue weighted by Gasteiger charge is -2.20. The predicted molar refractivity (Wildman–Crippen MR) is 81.2 cm³/mol. The minimum Gasteiger partial charge on any atom is -0.491 e. The van der Waals surface area contributed by atoms with Gasteiger partial charge in [0.15, 0.2) is 0 Å². The first-order chi connectivity index (χ1) is 9.51. The van der Waals surface area contributed by atoms with E-state index in [4.69, 9.17) is 14.2 Å². The Bertz CT molecular complexity index is 357. The Morgan fingerprint density at radius 2 is 1.60 bits per heavy atom. The largest absolute Gasteiger partial charge is 0.491 e. The minimum atomic E-state index is 0.134. The Labute approximate surface area is 122 Å². The molecule has 0 aliphatic rings. The van der Waals surface area contributed by atoms with Gasteiger partial charge >= 0.3 is 0 Å². The number of benzene rings is 1. The molecule has 114 valence electrons. The van der Waals surface area contributed by atoms with E-state index in [0.29, 0.717) is 26.4 Å². The highest BCUT2D eigenvalue weighted by molar-refractivity contribution is 5.27. The summed E-state index contributed by atoms with van der Waals surface area (Å²) in [6, 6.07) is 8.16. The van der Waals surface area contributed by atoms with Gasteiger partial charge in [0.05, 0.1) is 19.8 Å². The van der Waals surface area contributed by atoms with E-state index in [9.17, 15) is 0 Å². The summed E-state index contributed by atoms with van der Waals surface area (Å²) in [6.07, 6.45) is 0. The number of nitrogens with one attached hydrogen (secondary N) is 1. The van der Waals surface area contributed by atoms with Crippen molar-refractivity contribution in [2.24, 2.45) is 0 Å². The average molecular weight is 281 g/mol. The maximum Gasteiger partial charge on any atom is 0.119 e. The first-order valence-corrected chi connectivity index (χ1v) is 7.05. The lowest BCUT2D eigenvalue weighted by atomic mass is 10.1. The number of hydrogen-bond donors (Lipinski definition) is 1. The molecule has 20 heavy (non-hydrogen) atoms. The molecular weight excluding hydrogens is 254 g/mol. The van der Waals surface area contributed by atoms with Crippen molar-refractivity contribution >= 4 is 0 Å². The van der Waals surface area contributed by atoms with Crippen molar-refractivity contribution < 1.29 is 14.2 Å². The minimum absolute atomic E-state index is 0.134. The first-order valence-electron chi connectivity index (χ1n) is 7.05. The van der Waals surface area contributed by atoms with E-state index in [2.05, 4.69) is 38.2 Å². The summed E-state index contributed by atoms with van der Waals surface area (Å²) in [5, 5.41) is 3.46. The van der Waals surface area contributed by atoms with Crippen LogP contribution in [0.5, 0.6) is 5.75 Å². The fourth-order valence-electron chi connectivity index (χ4n) is 1.53. The number of ether oxygens (including phenoxy) is 3. The van der Waals surface area contributed by atoms with Gasteiger partial charge in [-0.25, -0.2) is 0 Å². The second kappa shape index (κ2) is 8.95. The predicted octanol–water partition coefficient (Wildman–Crippen LogP) is 2.62. The van der Waals surface area contributed by atoms with Crippen LogP contribution < -0.4 is 10.1 Å². The summed E-state index contributed by atoms with van der Waals surface area (Å²) >= 11 is 0. The molecular formula is C16H27NO3. The molecule has 0 spiro atoms. The average Bonchev–Trinajstić information content (AvgIpc) is 2.41. The zero-order valence-corrected chi connectivity index (χ0v) is 13.1. The molecule has 4 heteroatoms. The number of methoxy groups -OCH3 is 1. The standard InChI is InChI=1S/C16H27NO3/c1-16(2,3)17-13-14-5-7-15(8-6-14)20-12-11-19-10-9-18-4/h5-8,17H,9-13H2,1-4H3. The van der Waals surface area contributed by atoms with E-state index in [1.165, 1.54) is 5.56 Å². The van der Waals surface area contributed by atoms with Crippen LogP contribution in [0.3, 0.4) is 0 Å². The second-order valence-corrected chi connectivity index (χ2v) is 5.70. The molecule has 1 aromatic carbocycles. The van der Waals surface area contributed by atoms with Gasteiger partial charge < -0.3 is 19.5 Å². The molecule has 0 fully saturated rings. The molecule has 0 bridgehead atoms. The zero-order chi connectivity index (χ0) is 14.8. The van der Waals surface area contributed by atoms with Gasteiger partial charge in [0.2, 0.25) is 0 Å². The lowest BCUT2D eigenvalue weighted by Crippen LogP contribution is -2.35. The molecule has 0 aliphatic carbocycles. The highest BCUT2D eigenvalue weighted by Gasteiger charge is 2.08. The van der Waals surface area contributed by atoms with Crippen molar-refractivity contribution in [3.63, 3.8) is 0 Å². The van der Waals surface area contributed by atoms with Crippen molar-refractivity contribution in [2.45, 2.75) is 32.9 Å². The van der Waals surface area contributed by atoms with Gasteiger partial charge in [-0.15, -0.1) is 0 Å². The maximum atomic E-state index is 5.60. The summed E-state index contributed by atoms with van der Waals surface area (Å²) in [5.74, 6) is 0.875. The molecule has 0 saturated heterocycles. The van der Waals surface area contributed by atoms with Crippen molar-refractivity contribution in [1.82, 2.24) is 5.32 Å². The molecule has 0 amide bonds. The third-order valence-electron chi connectivity index (χ3n) is 2.67. The highest BCUT2D eigenvalue weighted by atomic mass is 16.5. The van der Waals surface area contributed by atoms with Crippen LogP contribution in [0.2, 0.25) is 0 Å². The SMILES string of the molecule is COCCOCCOc1ccc(CNC(C)(C)C)cc1. The fraction of sp³-hybridized carbons (Fsp3) is 0.625. The van der Waals surface area contributed by atoms with Crippen molar-refractivity contribution in [3.8, 4) is 5.75 Å². The first kappa shape index (κ1) is 17.0. The number of rotatable bonds is 9. The quantitative estimate of drug-likeness (QED) is 0.706. The van der Waals surface area contributed by atoms with E-state index >= 15 is 0 Å². The Hall–Kier alpha value is -1.10. The third kappa shape index (κ3) is 8.15. The van der Waals surface area contributed by atoms with Crippen LogP contribution in [0.15, 0.2) is 24.3 Å². The van der Waals surface area contributed by atoms with E-state index in [1.807, 2.05) is 12.1 Å². The summed E-state index contributed by atoms with van der Waals surface area (Å²) in [7, 11) is 1.66. The van der Waals surface area contributed by atoms with Gasteiger partial charge in [-0.05, 0) is 38.5 Å². The van der Waals surface area contributed by atoms with Crippen LogP contribution in [0.25, 0.3) is 0 Å². The van der Waals surface area contributed by atoms with Crippen LogP contribution in [-0.2, 0) is 16.0 Å². The molecule has 0 aliphatic heterocycles. The Morgan fingerprint density at radius 1 is 0.950 bits per heavy atom. The van der Waals surface area contributed by atoms with Crippen molar-refractivity contribution in [1.29, 1.82) is 0 Å². The number of hydrogen-bond acceptors (Lipinski definition) is 4. The lowest BCUT2D eigenvalue weighted by molar-refractivity contribution is 0.0544. The molecule has 1 rings (SSSR count). The normalized spacial score (nSPS) is 11.6. The van der Waals surface area contributed by atoms with Gasteiger partial charge in [-0.1, -0.05) is 12.1 Å². The Morgan fingerprint density at radius 3 is 2.20 bits per heavy atom. The van der Waals surface area contributed by atoms with E-state index in [1.54, 1.807) is 7.11 Å². The van der Waals surface area contributed by atoms with Crippen LogP contribution in [0.4, 0.5) is 0 Å². The zero-order valence-electron chi connectivity index (χ0n) is 13.1. The van der Waals surface area contributed by atoms with Gasteiger partial charge in [0.25, 0.3) is 0 Å². The van der Waals surface area contributed by atoms with E-state index in [0.717, 1.165) is 12.3 Å². The molecule has 1 N–H and O–H groups in total. The summed E-state index contributed by atoms with van der Waals surface area (Å²) < 4.78 is 15.8. The molecule has 0 unspecified atom stereocenters. The maximum absolute atomic E-state index is 5.60. The molecule has 0 heterocycles. The molecule has 0 radical (unpaired) electrons. The van der Waals surface area contributed by atoms with Gasteiger partial charge in [0, 0.05) is 19.2 Å². The molecule has 0 aromatic heterocycles. The fourth-order valence-corrected chi connectivity index (χ4v) is 1.53. The summed E-state index contributed by atoms with van der Waals surface area (Å²) in [6.45, 7) is 9.72. The Balaban J connectivity index is 2.21. The Kier molecular flexibility index (Phi) is 7.59. The van der Waals surface area contributed by atoms with Crippen LogP contribution in [0.1, 0.15) is 26.3 Å². The van der Waals surface area contributed by atoms with Gasteiger partial charge in [0.1, 0.15) is 12.4 Å². The van der Waals surface area contributed by atoms with Gasteiger partial charge in [-0.3, -0.25) is 0 Å². The highest BCUT2D eigenvalue weighted by Crippen LogP contribution is 2.12. The third-order valence-corrected chi connectivity index (χ3v) is 2.67. The smallest absolute Gasteiger partial charge is 0.119 e. The summed E-state index contributed by atoms with van der Waals surface area (Å²) in [4.78, 5) is 0. The topological polar surface area (TPSA) is 39.7 Å². The van der Waals surface area contributed by atoms with Gasteiger partial charge in [-0.2, -0.15) is 0 Å². The molecule has 0 saturated carbocycles. The van der Waals surface area contributed by atoms with Crippen LogP contribution >= 0.6 is 0 Å². The van der Waals surface area contributed by atoms with Crippen molar-refractivity contribution in [3.05, 3.63) is 29.8 Å². The molecule has 0 atom stereocenters.